The number of fused-ring (bicyclic) bond motifs is 1. The van der Waals surface area contributed by atoms with Gasteiger partial charge in [0.25, 0.3) is 5.56 Å². The molecule has 2 aromatic heterocycles. The van der Waals surface area contributed by atoms with E-state index in [0.29, 0.717) is 31.4 Å². The van der Waals surface area contributed by atoms with Crippen LogP contribution in [0.25, 0.3) is 6.08 Å². The molecule has 2 aliphatic heterocycles. The summed E-state index contributed by atoms with van der Waals surface area (Å²) in [6.45, 7) is 9.08. The SMILES string of the molecule is CC1=C(C(=O)OC(C)C)C(c2ccc(Cl)cc2)n2c(s/c(=C\c3ccc(N4CCN(C)CC4)o3)c2=O)=N1. The maximum atomic E-state index is 13.7. The Bertz CT molecular complexity index is 1530. The number of rotatable bonds is 5. The lowest BCUT2D eigenvalue weighted by atomic mass is 9.96. The molecule has 0 spiro atoms. The van der Waals surface area contributed by atoms with Crippen LogP contribution in [-0.2, 0) is 9.53 Å². The zero-order valence-corrected chi connectivity index (χ0v) is 22.8. The molecule has 0 radical (unpaired) electrons. The number of carbonyl (C=O) groups is 1. The van der Waals surface area contributed by atoms with E-state index < -0.39 is 12.0 Å². The molecule has 1 aromatic carbocycles. The lowest BCUT2D eigenvalue weighted by Gasteiger charge is -2.32. The molecule has 1 atom stereocenters. The number of carbonyl (C=O) groups excluding carboxylic acids is 1. The summed E-state index contributed by atoms with van der Waals surface area (Å²) < 4.78 is 13.7. The van der Waals surface area contributed by atoms with Crippen molar-refractivity contribution in [2.75, 3.05) is 38.1 Å². The molecule has 1 fully saturated rings. The fourth-order valence-electron chi connectivity index (χ4n) is 4.57. The molecule has 1 saturated heterocycles. The number of furan rings is 1. The minimum atomic E-state index is -0.681. The van der Waals surface area contributed by atoms with Gasteiger partial charge in [0.15, 0.2) is 10.7 Å². The molecule has 194 valence electrons. The van der Waals surface area contributed by atoms with E-state index in [1.54, 1.807) is 43.5 Å². The predicted molar refractivity (Wildman–Crippen MR) is 145 cm³/mol. The summed E-state index contributed by atoms with van der Waals surface area (Å²) in [4.78, 5) is 36.5. The van der Waals surface area contributed by atoms with E-state index in [1.165, 1.54) is 11.3 Å². The molecule has 0 aliphatic carbocycles. The van der Waals surface area contributed by atoms with E-state index in [1.807, 2.05) is 24.3 Å². The van der Waals surface area contributed by atoms with Crippen LogP contribution in [0.2, 0.25) is 5.02 Å². The second kappa shape index (κ2) is 10.3. The molecule has 2 aliphatic rings. The average molecular weight is 541 g/mol. The summed E-state index contributed by atoms with van der Waals surface area (Å²) in [6, 6.07) is 10.3. The normalized spacial score (nSPS) is 18.8. The fraction of sp³-hybridized carbons (Fsp3) is 0.370. The van der Waals surface area contributed by atoms with Crippen LogP contribution in [-0.4, -0.2) is 54.8 Å². The van der Waals surface area contributed by atoms with Gasteiger partial charge in [0.05, 0.1) is 27.9 Å². The Hall–Kier alpha value is -3.14. The van der Waals surface area contributed by atoms with Crippen molar-refractivity contribution in [2.24, 2.45) is 4.99 Å². The number of hydrogen-bond donors (Lipinski definition) is 0. The number of nitrogens with zero attached hydrogens (tertiary/aromatic N) is 4. The first kappa shape index (κ1) is 25.5. The standard InChI is InChI=1S/C27H29ClN4O4S/c1-16(2)35-26(34)23-17(3)29-27-32(24(23)18-5-7-19(28)8-6-18)25(33)21(37-27)15-20-9-10-22(36-20)31-13-11-30(4)12-14-31/h5-10,15-16,24H,11-14H2,1-4H3/b21-15-. The van der Waals surface area contributed by atoms with Crippen LogP contribution in [0.4, 0.5) is 5.88 Å². The summed E-state index contributed by atoms with van der Waals surface area (Å²) in [5, 5.41) is 0.567. The summed E-state index contributed by atoms with van der Waals surface area (Å²) in [7, 11) is 2.11. The Labute approximate surface area is 223 Å². The summed E-state index contributed by atoms with van der Waals surface area (Å²) in [5.41, 5.74) is 1.36. The van der Waals surface area contributed by atoms with Gasteiger partial charge in [0.2, 0.25) is 0 Å². The van der Waals surface area contributed by atoms with Crippen LogP contribution in [0, 0.1) is 0 Å². The van der Waals surface area contributed by atoms with Gasteiger partial charge in [-0.25, -0.2) is 9.79 Å². The summed E-state index contributed by atoms with van der Waals surface area (Å²) in [5.74, 6) is 0.895. The van der Waals surface area contributed by atoms with Crippen molar-refractivity contribution in [3.05, 3.63) is 83.7 Å². The number of hydrogen-bond acceptors (Lipinski definition) is 8. The van der Waals surface area contributed by atoms with Crippen molar-refractivity contribution >= 4 is 40.9 Å². The summed E-state index contributed by atoms with van der Waals surface area (Å²) >= 11 is 7.40. The Morgan fingerprint density at radius 2 is 1.86 bits per heavy atom. The van der Waals surface area contributed by atoms with Crippen molar-refractivity contribution in [1.29, 1.82) is 0 Å². The number of aromatic nitrogens is 1. The van der Waals surface area contributed by atoms with Gasteiger partial charge in [-0.3, -0.25) is 9.36 Å². The van der Waals surface area contributed by atoms with E-state index in [-0.39, 0.29) is 11.7 Å². The molecule has 0 N–H and O–H groups in total. The molecule has 5 rings (SSSR count). The van der Waals surface area contributed by atoms with E-state index >= 15 is 0 Å². The molecular formula is C27H29ClN4O4S. The van der Waals surface area contributed by atoms with Gasteiger partial charge in [-0.15, -0.1) is 0 Å². The van der Waals surface area contributed by atoms with Crippen LogP contribution in [0.5, 0.6) is 0 Å². The number of esters is 1. The first-order chi connectivity index (χ1) is 17.7. The number of anilines is 1. The zero-order valence-electron chi connectivity index (χ0n) is 21.2. The van der Waals surface area contributed by atoms with Gasteiger partial charge in [0, 0.05) is 43.3 Å². The Kier molecular flexibility index (Phi) is 7.11. The second-order valence-electron chi connectivity index (χ2n) is 9.55. The molecule has 1 unspecified atom stereocenters. The quantitative estimate of drug-likeness (QED) is 0.462. The Balaban J connectivity index is 1.58. The molecule has 4 heterocycles. The van der Waals surface area contributed by atoms with Crippen molar-refractivity contribution in [2.45, 2.75) is 32.9 Å². The van der Waals surface area contributed by atoms with Crippen LogP contribution < -0.4 is 19.8 Å². The third-order valence-corrected chi connectivity index (χ3v) is 7.71. The van der Waals surface area contributed by atoms with Crippen LogP contribution in [0.3, 0.4) is 0 Å². The first-order valence-electron chi connectivity index (χ1n) is 12.2. The number of halogens is 1. The highest BCUT2D eigenvalue weighted by atomic mass is 35.5. The van der Waals surface area contributed by atoms with Crippen molar-refractivity contribution in [3.8, 4) is 0 Å². The number of allylic oxidation sites excluding steroid dienone is 1. The lowest BCUT2D eigenvalue weighted by molar-refractivity contribution is -0.143. The third kappa shape index (κ3) is 5.16. The van der Waals surface area contributed by atoms with Gasteiger partial charge in [0.1, 0.15) is 5.76 Å². The van der Waals surface area contributed by atoms with Gasteiger partial charge in [-0.05, 0) is 51.6 Å². The van der Waals surface area contributed by atoms with E-state index in [9.17, 15) is 9.59 Å². The van der Waals surface area contributed by atoms with E-state index in [4.69, 9.17) is 20.8 Å². The highest BCUT2D eigenvalue weighted by Gasteiger charge is 2.33. The number of piperazine rings is 1. The highest BCUT2D eigenvalue weighted by molar-refractivity contribution is 7.07. The maximum Gasteiger partial charge on any atom is 0.338 e. The van der Waals surface area contributed by atoms with Crippen molar-refractivity contribution < 1.29 is 13.9 Å². The molecule has 8 nitrogen and oxygen atoms in total. The number of ether oxygens (including phenoxy) is 1. The molecular weight excluding hydrogens is 512 g/mol. The van der Waals surface area contributed by atoms with Gasteiger partial charge >= 0.3 is 5.97 Å². The second-order valence-corrected chi connectivity index (χ2v) is 11.0. The van der Waals surface area contributed by atoms with Crippen LogP contribution >= 0.6 is 22.9 Å². The minimum Gasteiger partial charge on any atom is -0.459 e. The molecule has 0 bridgehead atoms. The monoisotopic (exact) mass is 540 g/mol. The molecule has 10 heteroatoms. The van der Waals surface area contributed by atoms with Gasteiger partial charge in [-0.1, -0.05) is 35.1 Å². The smallest absolute Gasteiger partial charge is 0.338 e. The Morgan fingerprint density at radius 1 is 1.16 bits per heavy atom. The first-order valence-corrected chi connectivity index (χ1v) is 13.4. The molecule has 0 amide bonds. The topological polar surface area (TPSA) is 80.3 Å². The predicted octanol–water partition coefficient (Wildman–Crippen LogP) is 3.19. The maximum absolute atomic E-state index is 13.7. The molecule has 37 heavy (non-hydrogen) atoms. The number of thiazole rings is 1. The van der Waals surface area contributed by atoms with Crippen LogP contribution in [0.1, 0.15) is 38.1 Å². The van der Waals surface area contributed by atoms with E-state index in [2.05, 4.69) is 21.8 Å². The fourth-order valence-corrected chi connectivity index (χ4v) is 5.72. The number of likely N-dealkylation sites (N-methyl/N-ethyl adjacent to an activating group) is 1. The van der Waals surface area contributed by atoms with E-state index in [0.717, 1.165) is 37.6 Å². The highest BCUT2D eigenvalue weighted by Crippen LogP contribution is 2.31. The van der Waals surface area contributed by atoms with Gasteiger partial charge < -0.3 is 19.0 Å². The van der Waals surface area contributed by atoms with Crippen molar-refractivity contribution in [1.82, 2.24) is 9.47 Å². The zero-order chi connectivity index (χ0) is 26.3. The number of benzene rings is 1. The Morgan fingerprint density at radius 3 is 2.54 bits per heavy atom. The third-order valence-electron chi connectivity index (χ3n) is 6.47. The summed E-state index contributed by atoms with van der Waals surface area (Å²) in [6.07, 6.45) is 1.44. The molecule has 0 saturated carbocycles. The lowest BCUT2D eigenvalue weighted by Crippen LogP contribution is -2.44. The minimum absolute atomic E-state index is 0.247. The van der Waals surface area contributed by atoms with Crippen molar-refractivity contribution in [3.63, 3.8) is 0 Å². The van der Waals surface area contributed by atoms with Crippen LogP contribution in [0.15, 0.2) is 61.9 Å². The molecule has 3 aromatic rings. The van der Waals surface area contributed by atoms with Gasteiger partial charge in [-0.2, -0.15) is 0 Å². The largest absolute Gasteiger partial charge is 0.459 e. The average Bonchev–Trinajstić information content (AvgIpc) is 3.43.